The van der Waals surface area contributed by atoms with Gasteiger partial charge in [0.25, 0.3) is 5.56 Å². The first-order valence-electron chi connectivity index (χ1n) is 6.31. The molecule has 0 unspecified atom stereocenters. The summed E-state index contributed by atoms with van der Waals surface area (Å²) < 4.78 is 2.44. The van der Waals surface area contributed by atoms with E-state index in [2.05, 4.69) is 4.98 Å². The Kier molecular flexibility index (Phi) is 3.14. The Morgan fingerprint density at radius 3 is 2.33 bits per heavy atom. The van der Waals surface area contributed by atoms with Gasteiger partial charge < -0.3 is 0 Å². The second-order valence-electron chi connectivity index (χ2n) is 4.81. The van der Waals surface area contributed by atoms with Crippen molar-refractivity contribution >= 4 is 22.6 Å². The summed E-state index contributed by atoms with van der Waals surface area (Å²) >= 11 is 5.87. The van der Waals surface area contributed by atoms with Crippen LogP contribution >= 0.6 is 11.6 Å². The number of fused-ring (bicyclic) bond motifs is 1. The lowest BCUT2D eigenvalue weighted by Gasteiger charge is -2.08. The van der Waals surface area contributed by atoms with Crippen LogP contribution in [-0.4, -0.2) is 14.1 Å². The number of hydrogen-bond donors (Lipinski definition) is 0. The standard InChI is InChI=1S/C15H12ClN3O2/c1-18-13-12(14(20)19(2)15(18)21)7-10(8-17-13)9-3-5-11(16)6-4-9/h3-8H,1-2H3. The molecule has 0 saturated carbocycles. The summed E-state index contributed by atoms with van der Waals surface area (Å²) in [6.45, 7) is 0. The quantitative estimate of drug-likeness (QED) is 0.690. The molecule has 0 bridgehead atoms. The molecule has 1 aromatic carbocycles. The summed E-state index contributed by atoms with van der Waals surface area (Å²) in [6, 6.07) is 9.02. The maximum Gasteiger partial charge on any atom is 0.332 e. The van der Waals surface area contributed by atoms with E-state index in [9.17, 15) is 9.59 Å². The summed E-state index contributed by atoms with van der Waals surface area (Å²) in [5, 5.41) is 1.05. The lowest BCUT2D eigenvalue weighted by molar-refractivity contribution is 0.708. The van der Waals surface area contributed by atoms with E-state index in [1.54, 1.807) is 31.4 Å². The highest BCUT2D eigenvalue weighted by Crippen LogP contribution is 2.22. The molecule has 106 valence electrons. The highest BCUT2D eigenvalue weighted by molar-refractivity contribution is 6.30. The first-order chi connectivity index (χ1) is 9.99. The monoisotopic (exact) mass is 301 g/mol. The zero-order valence-electron chi connectivity index (χ0n) is 11.5. The molecule has 0 amide bonds. The fourth-order valence-corrected chi connectivity index (χ4v) is 2.39. The topological polar surface area (TPSA) is 56.9 Å². The van der Waals surface area contributed by atoms with Crippen LogP contribution in [0.2, 0.25) is 5.02 Å². The Morgan fingerprint density at radius 2 is 1.67 bits per heavy atom. The summed E-state index contributed by atoms with van der Waals surface area (Å²) in [6.07, 6.45) is 1.64. The fourth-order valence-electron chi connectivity index (χ4n) is 2.27. The number of aryl methyl sites for hydroxylation is 1. The van der Waals surface area contributed by atoms with E-state index in [1.807, 2.05) is 12.1 Å². The Bertz CT molecular complexity index is 956. The number of hydrogen-bond acceptors (Lipinski definition) is 3. The lowest BCUT2D eigenvalue weighted by atomic mass is 10.1. The van der Waals surface area contributed by atoms with E-state index < -0.39 is 0 Å². The molecule has 0 atom stereocenters. The second kappa shape index (κ2) is 4.86. The highest BCUT2D eigenvalue weighted by atomic mass is 35.5. The van der Waals surface area contributed by atoms with E-state index in [0.717, 1.165) is 15.7 Å². The predicted octanol–water partition coefficient (Wildman–Crippen LogP) is 1.95. The molecule has 3 aromatic rings. The van der Waals surface area contributed by atoms with Gasteiger partial charge in [-0.25, -0.2) is 9.78 Å². The Morgan fingerprint density at radius 1 is 1.00 bits per heavy atom. The lowest BCUT2D eigenvalue weighted by Crippen LogP contribution is -2.37. The van der Waals surface area contributed by atoms with E-state index >= 15 is 0 Å². The fraction of sp³-hybridized carbons (Fsp3) is 0.133. The van der Waals surface area contributed by atoms with Crippen LogP contribution in [0, 0.1) is 0 Å². The van der Waals surface area contributed by atoms with Crippen molar-refractivity contribution in [3.63, 3.8) is 0 Å². The van der Waals surface area contributed by atoms with Crippen molar-refractivity contribution in [2.24, 2.45) is 14.1 Å². The molecule has 6 heteroatoms. The molecule has 3 rings (SSSR count). The Balaban J connectivity index is 2.33. The molecule has 0 aliphatic heterocycles. The molecule has 0 aliphatic rings. The van der Waals surface area contributed by atoms with Crippen LogP contribution < -0.4 is 11.2 Å². The zero-order valence-corrected chi connectivity index (χ0v) is 12.3. The third-order valence-corrected chi connectivity index (χ3v) is 3.72. The number of rotatable bonds is 1. The smallest absolute Gasteiger partial charge is 0.280 e. The van der Waals surface area contributed by atoms with Gasteiger partial charge in [0.1, 0.15) is 5.65 Å². The molecule has 2 aromatic heterocycles. The highest BCUT2D eigenvalue weighted by Gasteiger charge is 2.10. The second-order valence-corrected chi connectivity index (χ2v) is 5.24. The normalized spacial score (nSPS) is 11.0. The van der Waals surface area contributed by atoms with Crippen molar-refractivity contribution in [3.05, 3.63) is 62.4 Å². The van der Waals surface area contributed by atoms with Crippen molar-refractivity contribution in [1.82, 2.24) is 14.1 Å². The van der Waals surface area contributed by atoms with Gasteiger partial charge in [0.2, 0.25) is 0 Å². The van der Waals surface area contributed by atoms with Crippen molar-refractivity contribution in [1.29, 1.82) is 0 Å². The molecule has 0 spiro atoms. The van der Waals surface area contributed by atoms with E-state index in [-0.39, 0.29) is 11.2 Å². The first kappa shape index (κ1) is 13.6. The van der Waals surface area contributed by atoms with Gasteiger partial charge in [0.05, 0.1) is 5.39 Å². The van der Waals surface area contributed by atoms with Crippen LogP contribution in [0.1, 0.15) is 0 Å². The zero-order chi connectivity index (χ0) is 15.1. The van der Waals surface area contributed by atoms with Gasteiger partial charge in [-0.3, -0.25) is 13.9 Å². The summed E-state index contributed by atoms with van der Waals surface area (Å²) in [7, 11) is 3.05. The molecule has 0 fully saturated rings. The number of nitrogens with zero attached hydrogens (tertiary/aromatic N) is 3. The number of aromatic nitrogens is 3. The van der Waals surface area contributed by atoms with Gasteiger partial charge in [-0.1, -0.05) is 23.7 Å². The van der Waals surface area contributed by atoms with Crippen molar-refractivity contribution in [2.75, 3.05) is 0 Å². The maximum atomic E-state index is 12.2. The summed E-state index contributed by atoms with van der Waals surface area (Å²) in [4.78, 5) is 28.4. The molecule has 2 heterocycles. The largest absolute Gasteiger partial charge is 0.332 e. The van der Waals surface area contributed by atoms with E-state index in [4.69, 9.17) is 11.6 Å². The van der Waals surface area contributed by atoms with Gasteiger partial charge >= 0.3 is 5.69 Å². The number of benzene rings is 1. The van der Waals surface area contributed by atoms with Gasteiger partial charge in [0.15, 0.2) is 0 Å². The summed E-state index contributed by atoms with van der Waals surface area (Å²) in [5.41, 5.74) is 1.34. The van der Waals surface area contributed by atoms with Gasteiger partial charge in [-0.05, 0) is 23.8 Å². The minimum absolute atomic E-state index is 0.351. The number of halogens is 1. The number of pyridine rings is 1. The van der Waals surface area contributed by atoms with Crippen LogP contribution in [0.25, 0.3) is 22.2 Å². The minimum Gasteiger partial charge on any atom is -0.280 e. The van der Waals surface area contributed by atoms with Crippen molar-refractivity contribution in [3.8, 4) is 11.1 Å². The predicted molar refractivity (Wildman–Crippen MR) is 82.7 cm³/mol. The third kappa shape index (κ3) is 2.15. The molecule has 5 nitrogen and oxygen atoms in total. The van der Waals surface area contributed by atoms with E-state index in [0.29, 0.717) is 16.1 Å². The average Bonchev–Trinajstić information content (AvgIpc) is 2.51. The molecule has 0 saturated heterocycles. The Labute approximate surface area is 125 Å². The van der Waals surface area contributed by atoms with Gasteiger partial charge in [-0.15, -0.1) is 0 Å². The summed E-state index contributed by atoms with van der Waals surface area (Å²) in [5.74, 6) is 0. The molecule has 0 aliphatic carbocycles. The third-order valence-electron chi connectivity index (χ3n) is 3.47. The van der Waals surface area contributed by atoms with Crippen LogP contribution in [0.3, 0.4) is 0 Å². The van der Waals surface area contributed by atoms with Gasteiger partial charge in [-0.2, -0.15) is 0 Å². The molecule has 0 radical (unpaired) electrons. The Hall–Kier alpha value is -2.40. The maximum absolute atomic E-state index is 12.2. The van der Waals surface area contributed by atoms with Gasteiger partial charge in [0, 0.05) is 30.9 Å². The van der Waals surface area contributed by atoms with Crippen LogP contribution in [0.4, 0.5) is 0 Å². The van der Waals surface area contributed by atoms with Crippen LogP contribution in [0.15, 0.2) is 46.1 Å². The van der Waals surface area contributed by atoms with E-state index in [1.165, 1.54) is 11.6 Å². The first-order valence-corrected chi connectivity index (χ1v) is 6.68. The molecule has 0 N–H and O–H groups in total. The SMILES string of the molecule is Cn1c(=O)c2cc(-c3ccc(Cl)cc3)cnc2n(C)c1=O. The van der Waals surface area contributed by atoms with Crippen molar-refractivity contribution in [2.45, 2.75) is 0 Å². The van der Waals surface area contributed by atoms with Crippen LogP contribution in [0.5, 0.6) is 0 Å². The molecular formula is C15H12ClN3O2. The molecular weight excluding hydrogens is 290 g/mol. The van der Waals surface area contributed by atoms with Crippen LogP contribution in [-0.2, 0) is 14.1 Å². The van der Waals surface area contributed by atoms with Crippen molar-refractivity contribution < 1.29 is 0 Å². The molecule has 21 heavy (non-hydrogen) atoms. The minimum atomic E-state index is -0.390. The average molecular weight is 302 g/mol.